The van der Waals surface area contributed by atoms with Crippen LogP contribution in [0.2, 0.25) is 0 Å². The Kier molecular flexibility index (Phi) is 3.22. The van der Waals surface area contributed by atoms with E-state index in [9.17, 15) is 4.79 Å². The van der Waals surface area contributed by atoms with Gasteiger partial charge < -0.3 is 5.32 Å². The van der Waals surface area contributed by atoms with Crippen molar-refractivity contribution in [3.8, 4) is 0 Å². The fourth-order valence-corrected chi connectivity index (χ4v) is 1.50. The van der Waals surface area contributed by atoms with E-state index in [0.29, 0.717) is 12.1 Å². The van der Waals surface area contributed by atoms with E-state index >= 15 is 0 Å². The summed E-state index contributed by atoms with van der Waals surface area (Å²) in [5.74, 6) is -0.120. The summed E-state index contributed by atoms with van der Waals surface area (Å²) in [7, 11) is 1.84. The molecule has 6 nitrogen and oxygen atoms in total. The lowest BCUT2D eigenvalue weighted by Gasteiger charge is -2.03. The highest BCUT2D eigenvalue weighted by Gasteiger charge is 2.08. The number of aromatic nitrogens is 4. The quantitative estimate of drug-likeness (QED) is 0.839. The number of carbonyl (C=O) groups excluding carboxylic acids is 1. The van der Waals surface area contributed by atoms with Crippen molar-refractivity contribution in [3.05, 3.63) is 35.9 Å². The molecule has 0 saturated carbocycles. The Morgan fingerprint density at radius 2 is 2.29 bits per heavy atom. The van der Waals surface area contributed by atoms with Crippen LogP contribution in [-0.2, 0) is 20.1 Å². The van der Waals surface area contributed by atoms with Gasteiger partial charge in [0.2, 0.25) is 0 Å². The molecule has 17 heavy (non-hydrogen) atoms. The van der Waals surface area contributed by atoms with E-state index in [-0.39, 0.29) is 5.91 Å². The zero-order chi connectivity index (χ0) is 12.3. The molecule has 2 heterocycles. The summed E-state index contributed by atoms with van der Waals surface area (Å²) in [6, 6.07) is 1.87. The first-order valence-electron chi connectivity index (χ1n) is 5.48. The Morgan fingerprint density at radius 1 is 1.47 bits per heavy atom. The molecule has 0 unspecified atom stereocenters. The van der Waals surface area contributed by atoms with Crippen molar-refractivity contribution in [1.29, 1.82) is 0 Å². The lowest BCUT2D eigenvalue weighted by Crippen LogP contribution is -2.23. The van der Waals surface area contributed by atoms with Gasteiger partial charge >= 0.3 is 0 Å². The number of nitrogens with one attached hydrogen (secondary N) is 1. The summed E-state index contributed by atoms with van der Waals surface area (Å²) in [6.07, 6.45) is 5.01. The van der Waals surface area contributed by atoms with E-state index in [2.05, 4.69) is 15.5 Å². The third-order valence-corrected chi connectivity index (χ3v) is 2.57. The van der Waals surface area contributed by atoms with Crippen molar-refractivity contribution in [3.63, 3.8) is 0 Å². The summed E-state index contributed by atoms with van der Waals surface area (Å²) in [6.45, 7) is 3.20. The Hall–Kier alpha value is -2.11. The van der Waals surface area contributed by atoms with Gasteiger partial charge in [-0.2, -0.15) is 10.2 Å². The molecule has 2 rings (SSSR count). The summed E-state index contributed by atoms with van der Waals surface area (Å²) >= 11 is 0. The molecule has 90 valence electrons. The largest absolute Gasteiger partial charge is 0.346 e. The minimum absolute atomic E-state index is 0.120. The second-order valence-corrected chi connectivity index (χ2v) is 3.71. The normalized spacial score (nSPS) is 10.5. The monoisotopic (exact) mass is 233 g/mol. The van der Waals surface area contributed by atoms with Crippen LogP contribution < -0.4 is 5.32 Å². The van der Waals surface area contributed by atoms with Gasteiger partial charge in [-0.05, 0) is 13.0 Å². The molecule has 0 bridgehead atoms. The van der Waals surface area contributed by atoms with Crippen molar-refractivity contribution in [1.82, 2.24) is 24.9 Å². The molecule has 0 spiro atoms. The van der Waals surface area contributed by atoms with E-state index < -0.39 is 0 Å². The predicted molar refractivity (Wildman–Crippen MR) is 62.3 cm³/mol. The second kappa shape index (κ2) is 4.82. The van der Waals surface area contributed by atoms with Crippen LogP contribution in [0.4, 0.5) is 0 Å². The third kappa shape index (κ3) is 2.52. The number of carbonyl (C=O) groups is 1. The van der Waals surface area contributed by atoms with Crippen LogP contribution in [-0.4, -0.2) is 25.5 Å². The molecule has 0 aromatic carbocycles. The highest BCUT2D eigenvalue weighted by molar-refractivity contribution is 5.93. The molecule has 0 fully saturated rings. The van der Waals surface area contributed by atoms with E-state index in [0.717, 1.165) is 12.2 Å². The topological polar surface area (TPSA) is 64.7 Å². The number of nitrogens with zero attached hydrogens (tertiary/aromatic N) is 4. The molecule has 0 radical (unpaired) electrons. The Morgan fingerprint density at radius 3 is 2.88 bits per heavy atom. The molecule has 1 N–H and O–H groups in total. The van der Waals surface area contributed by atoms with Gasteiger partial charge in [-0.1, -0.05) is 0 Å². The maximum Gasteiger partial charge on any atom is 0.254 e. The summed E-state index contributed by atoms with van der Waals surface area (Å²) in [4.78, 5) is 11.8. The standard InChI is InChI=1S/C11H15N5O/c1-3-16-8-9(6-14-16)11(17)12-7-10-4-5-13-15(10)2/h4-6,8H,3,7H2,1-2H3,(H,12,17). The van der Waals surface area contributed by atoms with Crippen LogP contribution >= 0.6 is 0 Å². The highest BCUT2D eigenvalue weighted by atomic mass is 16.1. The first-order valence-corrected chi connectivity index (χ1v) is 5.48. The molecule has 0 atom stereocenters. The lowest BCUT2D eigenvalue weighted by molar-refractivity contribution is 0.0950. The maximum atomic E-state index is 11.8. The van der Waals surface area contributed by atoms with Crippen LogP contribution in [0.25, 0.3) is 0 Å². The van der Waals surface area contributed by atoms with Gasteiger partial charge in [0.25, 0.3) is 5.91 Å². The Labute approximate surface area is 99.2 Å². The van der Waals surface area contributed by atoms with Crippen LogP contribution in [0.1, 0.15) is 23.0 Å². The number of amides is 1. The minimum atomic E-state index is -0.120. The van der Waals surface area contributed by atoms with Crippen LogP contribution in [0.3, 0.4) is 0 Å². The van der Waals surface area contributed by atoms with E-state index in [1.807, 2.05) is 20.0 Å². The van der Waals surface area contributed by atoms with Crippen LogP contribution in [0.15, 0.2) is 24.7 Å². The average Bonchev–Trinajstić information content (AvgIpc) is 2.94. The second-order valence-electron chi connectivity index (χ2n) is 3.71. The zero-order valence-corrected chi connectivity index (χ0v) is 9.92. The van der Waals surface area contributed by atoms with Crippen molar-refractivity contribution in [2.24, 2.45) is 7.05 Å². The van der Waals surface area contributed by atoms with Crippen LogP contribution in [0.5, 0.6) is 0 Å². The summed E-state index contributed by atoms with van der Waals surface area (Å²) in [5, 5.41) is 10.9. The fourth-order valence-electron chi connectivity index (χ4n) is 1.50. The molecule has 2 aromatic heterocycles. The third-order valence-electron chi connectivity index (χ3n) is 2.57. The van der Waals surface area contributed by atoms with Crippen molar-refractivity contribution < 1.29 is 4.79 Å². The van der Waals surface area contributed by atoms with Gasteiger partial charge in [0, 0.05) is 26.0 Å². The maximum absolute atomic E-state index is 11.8. The fraction of sp³-hybridized carbons (Fsp3) is 0.364. The first kappa shape index (κ1) is 11.4. The van der Waals surface area contributed by atoms with Gasteiger partial charge in [0.15, 0.2) is 0 Å². The average molecular weight is 233 g/mol. The van der Waals surface area contributed by atoms with Gasteiger partial charge in [-0.25, -0.2) is 0 Å². The first-order chi connectivity index (χ1) is 8.20. The number of hydrogen-bond acceptors (Lipinski definition) is 3. The van der Waals surface area contributed by atoms with Crippen LogP contribution in [0, 0.1) is 0 Å². The van der Waals surface area contributed by atoms with Crippen molar-refractivity contribution in [2.75, 3.05) is 0 Å². The van der Waals surface area contributed by atoms with Gasteiger partial charge in [0.05, 0.1) is 24.0 Å². The van der Waals surface area contributed by atoms with Crippen molar-refractivity contribution in [2.45, 2.75) is 20.0 Å². The molecule has 0 aliphatic rings. The highest BCUT2D eigenvalue weighted by Crippen LogP contribution is 2.00. The Balaban J connectivity index is 1.95. The number of hydrogen-bond donors (Lipinski definition) is 1. The molecule has 0 saturated heterocycles. The number of aryl methyl sites for hydroxylation is 2. The lowest BCUT2D eigenvalue weighted by atomic mass is 10.3. The van der Waals surface area contributed by atoms with Crippen molar-refractivity contribution >= 4 is 5.91 Å². The molecule has 6 heteroatoms. The minimum Gasteiger partial charge on any atom is -0.346 e. The summed E-state index contributed by atoms with van der Waals surface area (Å²) < 4.78 is 3.45. The van der Waals surface area contributed by atoms with E-state index in [1.54, 1.807) is 28.0 Å². The predicted octanol–water partition coefficient (Wildman–Crippen LogP) is 0.566. The smallest absolute Gasteiger partial charge is 0.254 e. The molecular weight excluding hydrogens is 218 g/mol. The molecule has 0 aliphatic carbocycles. The molecule has 1 amide bonds. The Bertz CT molecular complexity index is 513. The van der Waals surface area contributed by atoms with Gasteiger partial charge in [-0.15, -0.1) is 0 Å². The molecule has 0 aliphatic heterocycles. The SMILES string of the molecule is CCn1cc(C(=O)NCc2ccnn2C)cn1. The zero-order valence-electron chi connectivity index (χ0n) is 9.92. The number of rotatable bonds is 4. The van der Waals surface area contributed by atoms with Gasteiger partial charge in [0.1, 0.15) is 0 Å². The van der Waals surface area contributed by atoms with Gasteiger partial charge in [-0.3, -0.25) is 14.2 Å². The van der Waals surface area contributed by atoms with E-state index in [4.69, 9.17) is 0 Å². The molecule has 2 aromatic rings. The molecular formula is C11H15N5O. The summed E-state index contributed by atoms with van der Waals surface area (Å²) in [5.41, 5.74) is 1.54. The van der Waals surface area contributed by atoms with E-state index in [1.165, 1.54) is 0 Å².